The van der Waals surface area contributed by atoms with Crippen LogP contribution in [0.3, 0.4) is 0 Å². The Morgan fingerprint density at radius 3 is 2.52 bits per heavy atom. The molecule has 0 spiro atoms. The van der Waals surface area contributed by atoms with Crippen molar-refractivity contribution >= 4 is 5.91 Å². The molecule has 3 rings (SSSR count). The van der Waals surface area contributed by atoms with Gasteiger partial charge in [-0.1, -0.05) is 37.8 Å². The van der Waals surface area contributed by atoms with Gasteiger partial charge in [0.05, 0.1) is 7.11 Å². The molecule has 1 aromatic rings. The molecule has 2 fully saturated rings. The average Bonchev–Trinajstić information content (AvgIpc) is 3.19. The quantitative estimate of drug-likeness (QED) is 0.817. The molecule has 1 amide bonds. The molecule has 25 heavy (non-hydrogen) atoms. The minimum absolute atomic E-state index is 0.0203. The van der Waals surface area contributed by atoms with Gasteiger partial charge in [0.2, 0.25) is 5.91 Å². The number of carbonyl (C=O) groups is 1. The van der Waals surface area contributed by atoms with Gasteiger partial charge < -0.3 is 14.8 Å². The van der Waals surface area contributed by atoms with Gasteiger partial charge in [0.1, 0.15) is 5.75 Å². The SMILES string of the molecule is COc1ccc(C2(CNC(=O)CCC3CCCC3)CCOCC2)cc1. The van der Waals surface area contributed by atoms with Crippen molar-refractivity contribution in [2.24, 2.45) is 5.92 Å². The summed E-state index contributed by atoms with van der Waals surface area (Å²) in [6.07, 6.45) is 8.90. The van der Waals surface area contributed by atoms with Gasteiger partial charge in [-0.25, -0.2) is 0 Å². The molecule has 1 saturated heterocycles. The molecule has 4 heteroatoms. The van der Waals surface area contributed by atoms with Gasteiger partial charge >= 0.3 is 0 Å². The zero-order valence-electron chi connectivity index (χ0n) is 15.4. The normalized spacial score (nSPS) is 20.4. The molecule has 0 atom stereocenters. The minimum Gasteiger partial charge on any atom is -0.497 e. The van der Waals surface area contributed by atoms with Crippen molar-refractivity contribution < 1.29 is 14.3 Å². The van der Waals surface area contributed by atoms with Crippen LogP contribution in [0.1, 0.15) is 56.9 Å². The molecule has 0 bridgehead atoms. The number of benzene rings is 1. The van der Waals surface area contributed by atoms with Crippen LogP contribution in [0.15, 0.2) is 24.3 Å². The lowest BCUT2D eigenvalue weighted by atomic mass is 9.74. The molecule has 1 heterocycles. The van der Waals surface area contributed by atoms with Gasteiger partial charge in [-0.15, -0.1) is 0 Å². The Morgan fingerprint density at radius 1 is 1.20 bits per heavy atom. The summed E-state index contributed by atoms with van der Waals surface area (Å²) in [4.78, 5) is 12.4. The fourth-order valence-corrected chi connectivity index (χ4v) is 4.26. The minimum atomic E-state index is -0.0203. The summed E-state index contributed by atoms with van der Waals surface area (Å²) >= 11 is 0. The number of amides is 1. The molecule has 0 radical (unpaired) electrons. The molecule has 138 valence electrons. The van der Waals surface area contributed by atoms with Crippen LogP contribution < -0.4 is 10.1 Å². The molecule has 1 aliphatic heterocycles. The lowest BCUT2D eigenvalue weighted by molar-refractivity contribution is -0.121. The molecule has 1 saturated carbocycles. The smallest absolute Gasteiger partial charge is 0.220 e. The molecular weight excluding hydrogens is 314 g/mol. The summed E-state index contributed by atoms with van der Waals surface area (Å²) in [6, 6.07) is 8.28. The number of hydrogen-bond donors (Lipinski definition) is 1. The van der Waals surface area contributed by atoms with Gasteiger partial charge in [0, 0.05) is 31.6 Å². The second-order valence-electron chi connectivity index (χ2n) is 7.59. The highest BCUT2D eigenvalue weighted by atomic mass is 16.5. The zero-order chi connectivity index (χ0) is 17.5. The highest BCUT2D eigenvalue weighted by Crippen LogP contribution is 2.35. The van der Waals surface area contributed by atoms with Crippen LogP contribution in [0.25, 0.3) is 0 Å². The fraction of sp³-hybridized carbons (Fsp3) is 0.667. The van der Waals surface area contributed by atoms with E-state index in [0.29, 0.717) is 13.0 Å². The van der Waals surface area contributed by atoms with E-state index in [1.807, 2.05) is 12.1 Å². The van der Waals surface area contributed by atoms with Crippen LogP contribution in [0, 0.1) is 5.92 Å². The van der Waals surface area contributed by atoms with Gasteiger partial charge in [-0.2, -0.15) is 0 Å². The third-order valence-electron chi connectivity index (χ3n) is 6.03. The Bertz CT molecular complexity index is 543. The number of carbonyl (C=O) groups excluding carboxylic acids is 1. The van der Waals surface area contributed by atoms with E-state index >= 15 is 0 Å². The topological polar surface area (TPSA) is 47.6 Å². The van der Waals surface area contributed by atoms with E-state index in [-0.39, 0.29) is 11.3 Å². The average molecular weight is 345 g/mol. The lowest BCUT2D eigenvalue weighted by Crippen LogP contribution is -2.44. The van der Waals surface area contributed by atoms with E-state index in [1.165, 1.54) is 31.2 Å². The van der Waals surface area contributed by atoms with E-state index < -0.39 is 0 Å². The first-order valence-electron chi connectivity index (χ1n) is 9.71. The van der Waals surface area contributed by atoms with Crippen LogP contribution in [0.4, 0.5) is 0 Å². The van der Waals surface area contributed by atoms with E-state index in [2.05, 4.69) is 17.4 Å². The molecule has 1 N–H and O–H groups in total. The first-order valence-corrected chi connectivity index (χ1v) is 9.71. The predicted octanol–water partition coefficient (Wildman–Crippen LogP) is 3.83. The summed E-state index contributed by atoms with van der Waals surface area (Å²) in [6.45, 7) is 2.21. The number of hydrogen-bond acceptors (Lipinski definition) is 3. The van der Waals surface area contributed by atoms with Crippen molar-refractivity contribution in [3.63, 3.8) is 0 Å². The summed E-state index contributed by atoms with van der Waals surface area (Å²) in [5.74, 6) is 1.84. The van der Waals surface area contributed by atoms with Crippen LogP contribution in [0.5, 0.6) is 5.75 Å². The van der Waals surface area contributed by atoms with Crippen molar-refractivity contribution in [1.29, 1.82) is 0 Å². The highest BCUT2D eigenvalue weighted by molar-refractivity contribution is 5.76. The fourth-order valence-electron chi connectivity index (χ4n) is 4.26. The van der Waals surface area contributed by atoms with E-state index in [1.54, 1.807) is 7.11 Å². The van der Waals surface area contributed by atoms with Gasteiger partial charge in [-0.3, -0.25) is 4.79 Å². The lowest BCUT2D eigenvalue weighted by Gasteiger charge is -2.38. The third kappa shape index (κ3) is 4.75. The monoisotopic (exact) mass is 345 g/mol. The molecular formula is C21H31NO3. The molecule has 0 unspecified atom stereocenters. The van der Waals surface area contributed by atoms with Gasteiger partial charge in [0.15, 0.2) is 0 Å². The van der Waals surface area contributed by atoms with E-state index in [9.17, 15) is 4.79 Å². The summed E-state index contributed by atoms with van der Waals surface area (Å²) in [5, 5.41) is 3.22. The summed E-state index contributed by atoms with van der Waals surface area (Å²) in [7, 11) is 1.68. The first-order chi connectivity index (χ1) is 12.2. The molecule has 4 nitrogen and oxygen atoms in total. The first kappa shape index (κ1) is 18.2. The maximum absolute atomic E-state index is 12.4. The Hall–Kier alpha value is -1.55. The maximum Gasteiger partial charge on any atom is 0.220 e. The number of ether oxygens (including phenoxy) is 2. The molecule has 2 aliphatic rings. The van der Waals surface area contributed by atoms with Crippen molar-refractivity contribution in [3.05, 3.63) is 29.8 Å². The van der Waals surface area contributed by atoms with Crippen LogP contribution in [-0.2, 0) is 14.9 Å². The Balaban J connectivity index is 1.58. The van der Waals surface area contributed by atoms with Crippen LogP contribution in [0.2, 0.25) is 0 Å². The Labute approximate surface area is 151 Å². The van der Waals surface area contributed by atoms with Gasteiger partial charge in [-0.05, 0) is 42.9 Å². The standard InChI is InChI=1S/C21H31NO3/c1-24-19-9-7-18(8-10-19)21(12-14-25-15-13-21)16-22-20(23)11-6-17-4-2-3-5-17/h7-10,17H,2-6,11-16H2,1H3,(H,22,23). The van der Waals surface area contributed by atoms with Crippen LogP contribution >= 0.6 is 0 Å². The molecule has 1 aliphatic carbocycles. The van der Waals surface area contributed by atoms with Crippen molar-refractivity contribution in [2.45, 2.75) is 56.8 Å². The van der Waals surface area contributed by atoms with E-state index in [4.69, 9.17) is 9.47 Å². The zero-order valence-corrected chi connectivity index (χ0v) is 15.4. The predicted molar refractivity (Wildman–Crippen MR) is 98.9 cm³/mol. The van der Waals surface area contributed by atoms with Crippen LogP contribution in [-0.4, -0.2) is 32.8 Å². The summed E-state index contributed by atoms with van der Waals surface area (Å²) in [5.41, 5.74) is 1.25. The Kier molecular flexibility index (Phi) is 6.35. The summed E-state index contributed by atoms with van der Waals surface area (Å²) < 4.78 is 10.8. The van der Waals surface area contributed by atoms with Crippen molar-refractivity contribution in [1.82, 2.24) is 5.32 Å². The highest BCUT2D eigenvalue weighted by Gasteiger charge is 2.34. The van der Waals surface area contributed by atoms with Crippen molar-refractivity contribution in [3.8, 4) is 5.75 Å². The Morgan fingerprint density at radius 2 is 1.88 bits per heavy atom. The maximum atomic E-state index is 12.4. The molecule has 0 aromatic heterocycles. The third-order valence-corrected chi connectivity index (χ3v) is 6.03. The second-order valence-corrected chi connectivity index (χ2v) is 7.59. The number of nitrogens with one attached hydrogen (secondary N) is 1. The van der Waals surface area contributed by atoms with E-state index in [0.717, 1.165) is 44.1 Å². The van der Waals surface area contributed by atoms with Gasteiger partial charge in [0.25, 0.3) is 0 Å². The number of methoxy groups -OCH3 is 1. The number of rotatable bonds is 7. The molecule has 1 aromatic carbocycles. The largest absolute Gasteiger partial charge is 0.497 e. The van der Waals surface area contributed by atoms with Crippen molar-refractivity contribution in [2.75, 3.05) is 26.9 Å². The second kappa shape index (κ2) is 8.70.